The van der Waals surface area contributed by atoms with E-state index in [0.717, 1.165) is 0 Å². The number of carbonyl (C=O) groups is 1. The van der Waals surface area contributed by atoms with Crippen LogP contribution in [0, 0.1) is 11.3 Å². The van der Waals surface area contributed by atoms with Gasteiger partial charge in [-0.25, -0.2) is 4.79 Å². The number of hydrogen-bond donors (Lipinski definition) is 2. The summed E-state index contributed by atoms with van der Waals surface area (Å²) in [5, 5.41) is 16.3. The van der Waals surface area contributed by atoms with E-state index in [9.17, 15) is 4.79 Å². The predicted molar refractivity (Wildman–Crippen MR) is 34.9 cm³/mol. The van der Waals surface area contributed by atoms with E-state index in [2.05, 4.69) is 12.6 Å². The van der Waals surface area contributed by atoms with Gasteiger partial charge >= 0.3 is 5.97 Å². The zero-order chi connectivity index (χ0) is 7.44. The number of thiol groups is 1. The first-order valence-electron chi connectivity index (χ1n) is 2.12. The number of rotatable bonds is 1. The van der Waals surface area contributed by atoms with Crippen LogP contribution >= 0.6 is 12.6 Å². The lowest BCUT2D eigenvalue weighted by molar-refractivity contribution is -0.131. The van der Waals surface area contributed by atoms with Crippen LogP contribution in [0.1, 0.15) is 6.92 Å². The molecular weight excluding hydrogens is 138 g/mol. The van der Waals surface area contributed by atoms with Crippen LogP contribution in [0.3, 0.4) is 0 Å². The van der Waals surface area contributed by atoms with Gasteiger partial charge in [0.15, 0.2) is 0 Å². The summed E-state index contributed by atoms with van der Waals surface area (Å²) in [6.45, 7) is 1.40. The van der Waals surface area contributed by atoms with Crippen LogP contribution in [0.5, 0.6) is 0 Å². The largest absolute Gasteiger partial charge is 0.477 e. The Kier molecular flexibility index (Phi) is 2.82. The molecule has 0 spiro atoms. The average molecular weight is 143 g/mol. The molecule has 3 nitrogen and oxygen atoms in total. The molecule has 0 unspecified atom stereocenters. The van der Waals surface area contributed by atoms with Crippen molar-refractivity contribution < 1.29 is 9.90 Å². The van der Waals surface area contributed by atoms with Gasteiger partial charge < -0.3 is 5.11 Å². The molecule has 0 aromatic rings. The van der Waals surface area contributed by atoms with E-state index in [4.69, 9.17) is 10.4 Å². The van der Waals surface area contributed by atoms with Crippen molar-refractivity contribution in [2.24, 2.45) is 0 Å². The molecule has 0 bridgehead atoms. The van der Waals surface area contributed by atoms with Crippen molar-refractivity contribution >= 4 is 18.6 Å². The van der Waals surface area contributed by atoms with Gasteiger partial charge in [-0.3, -0.25) is 0 Å². The molecule has 0 aliphatic rings. The number of carboxylic acids is 1. The third kappa shape index (κ3) is 2.20. The molecule has 0 fully saturated rings. The van der Waals surface area contributed by atoms with E-state index < -0.39 is 5.97 Å². The second-order valence-corrected chi connectivity index (χ2v) is 1.84. The number of nitrogens with zero attached hydrogens (tertiary/aromatic N) is 1. The quantitative estimate of drug-likeness (QED) is 0.324. The molecule has 0 heterocycles. The summed E-state index contributed by atoms with van der Waals surface area (Å²) in [6, 6.07) is 1.67. The van der Waals surface area contributed by atoms with Gasteiger partial charge in [0.05, 0.1) is 6.07 Å². The number of aliphatic carboxylic acids is 1. The van der Waals surface area contributed by atoms with Crippen molar-refractivity contribution in [2.45, 2.75) is 6.92 Å². The first-order valence-corrected chi connectivity index (χ1v) is 2.57. The first kappa shape index (κ1) is 8.05. The maximum Gasteiger partial charge on any atom is 0.342 e. The fraction of sp³-hybridized carbons (Fsp3) is 0.200. The van der Waals surface area contributed by atoms with Crippen molar-refractivity contribution in [1.29, 1.82) is 5.26 Å². The lowest BCUT2D eigenvalue weighted by atomic mass is 10.3. The number of allylic oxidation sites excluding steroid dienone is 1. The number of nitriles is 1. The highest BCUT2D eigenvalue weighted by Crippen LogP contribution is 2.06. The van der Waals surface area contributed by atoms with Gasteiger partial charge in [0.25, 0.3) is 0 Å². The lowest BCUT2D eigenvalue weighted by Crippen LogP contribution is -1.95. The van der Waals surface area contributed by atoms with E-state index in [1.54, 1.807) is 6.07 Å². The fourth-order valence-electron chi connectivity index (χ4n) is 0.213. The molecule has 0 atom stereocenters. The third-order valence-corrected chi connectivity index (χ3v) is 1.25. The van der Waals surface area contributed by atoms with Crippen molar-refractivity contribution in [2.75, 3.05) is 0 Å². The molecule has 0 amide bonds. The van der Waals surface area contributed by atoms with E-state index in [1.807, 2.05) is 0 Å². The standard InChI is InChI=1S/C5H5NO2S/c1-3(2-6)4(9)5(7)8/h9H,1H3,(H,7,8). The highest BCUT2D eigenvalue weighted by molar-refractivity contribution is 7.85. The van der Waals surface area contributed by atoms with E-state index in [0.29, 0.717) is 0 Å². The lowest BCUT2D eigenvalue weighted by Gasteiger charge is -1.89. The minimum absolute atomic E-state index is 0.117. The van der Waals surface area contributed by atoms with E-state index in [1.165, 1.54) is 6.92 Å². The number of hydrogen-bond acceptors (Lipinski definition) is 3. The van der Waals surface area contributed by atoms with Crippen molar-refractivity contribution in [3.63, 3.8) is 0 Å². The predicted octanol–water partition coefficient (Wildman–Crippen LogP) is 0.798. The summed E-state index contributed by atoms with van der Waals surface area (Å²) in [5.41, 5.74) is 0.117. The van der Waals surface area contributed by atoms with Crippen LogP contribution in [0.25, 0.3) is 0 Å². The summed E-state index contributed by atoms with van der Waals surface area (Å²) < 4.78 is 0. The Hall–Kier alpha value is -0.950. The highest BCUT2D eigenvalue weighted by Gasteiger charge is 2.03. The van der Waals surface area contributed by atoms with Gasteiger partial charge in [-0.1, -0.05) is 0 Å². The van der Waals surface area contributed by atoms with Crippen molar-refractivity contribution in [3.05, 3.63) is 10.5 Å². The molecule has 0 aromatic carbocycles. The highest BCUT2D eigenvalue weighted by atomic mass is 32.1. The van der Waals surface area contributed by atoms with Crippen LogP contribution in [0.2, 0.25) is 0 Å². The normalized spacial score (nSPS) is 11.7. The van der Waals surface area contributed by atoms with Gasteiger partial charge in [0.2, 0.25) is 0 Å². The molecule has 0 aromatic heterocycles. The molecule has 48 valence electrons. The van der Waals surface area contributed by atoms with Crippen LogP contribution in [-0.4, -0.2) is 11.1 Å². The summed E-state index contributed by atoms with van der Waals surface area (Å²) in [4.78, 5) is 9.82. The Balaban J connectivity index is 4.54. The molecule has 0 saturated heterocycles. The molecule has 0 aliphatic heterocycles. The second kappa shape index (κ2) is 3.15. The summed E-state index contributed by atoms with van der Waals surface area (Å²) in [6.07, 6.45) is 0. The van der Waals surface area contributed by atoms with Gasteiger partial charge in [-0.05, 0) is 6.92 Å². The molecule has 9 heavy (non-hydrogen) atoms. The zero-order valence-electron chi connectivity index (χ0n) is 4.75. The Morgan fingerprint density at radius 2 is 2.22 bits per heavy atom. The summed E-state index contributed by atoms with van der Waals surface area (Å²) in [5.74, 6) is -1.17. The minimum atomic E-state index is -1.17. The Bertz CT molecular complexity index is 201. The Labute approximate surface area is 58.0 Å². The van der Waals surface area contributed by atoms with Crippen LogP contribution in [0.4, 0.5) is 0 Å². The molecule has 0 aliphatic carbocycles. The SMILES string of the molecule is CC(C#N)=C(S)C(=O)O. The van der Waals surface area contributed by atoms with E-state index in [-0.39, 0.29) is 10.5 Å². The molecule has 1 N–H and O–H groups in total. The van der Waals surface area contributed by atoms with Crippen LogP contribution in [0.15, 0.2) is 10.5 Å². The summed E-state index contributed by atoms with van der Waals surface area (Å²) >= 11 is 3.56. The average Bonchev–Trinajstić information content (AvgIpc) is 1.84. The van der Waals surface area contributed by atoms with Crippen molar-refractivity contribution in [1.82, 2.24) is 0 Å². The Morgan fingerprint density at radius 3 is 2.33 bits per heavy atom. The molecule has 0 radical (unpaired) electrons. The fourth-order valence-corrected chi connectivity index (χ4v) is 0.263. The maximum absolute atomic E-state index is 10.0. The van der Waals surface area contributed by atoms with Gasteiger partial charge in [-0.2, -0.15) is 5.26 Å². The van der Waals surface area contributed by atoms with Crippen molar-refractivity contribution in [3.8, 4) is 6.07 Å². The summed E-state index contributed by atoms with van der Waals surface area (Å²) in [7, 11) is 0. The maximum atomic E-state index is 10.0. The van der Waals surface area contributed by atoms with E-state index >= 15 is 0 Å². The number of carboxylic acid groups (broad SMARTS) is 1. The monoisotopic (exact) mass is 143 g/mol. The zero-order valence-corrected chi connectivity index (χ0v) is 5.64. The molecule has 0 rings (SSSR count). The smallest absolute Gasteiger partial charge is 0.342 e. The van der Waals surface area contributed by atoms with Gasteiger partial charge in [-0.15, -0.1) is 12.6 Å². The van der Waals surface area contributed by atoms with Gasteiger partial charge in [0.1, 0.15) is 4.91 Å². The second-order valence-electron chi connectivity index (χ2n) is 1.39. The molecule has 0 saturated carbocycles. The van der Waals surface area contributed by atoms with Crippen LogP contribution < -0.4 is 0 Å². The van der Waals surface area contributed by atoms with Gasteiger partial charge in [0, 0.05) is 5.57 Å². The topological polar surface area (TPSA) is 61.1 Å². The Morgan fingerprint density at radius 1 is 1.78 bits per heavy atom. The third-order valence-electron chi connectivity index (χ3n) is 0.725. The van der Waals surface area contributed by atoms with Crippen LogP contribution in [-0.2, 0) is 4.79 Å². The molecule has 4 heteroatoms. The first-order chi connectivity index (χ1) is 4.09. The molecular formula is C5H5NO2S. The minimum Gasteiger partial charge on any atom is -0.477 e.